The maximum Gasteiger partial charge on any atom is 0.0593 e. The lowest BCUT2D eigenvalue weighted by Gasteiger charge is -2.34. The molecule has 0 aromatic rings. The van der Waals surface area contributed by atoms with Gasteiger partial charge in [-0.05, 0) is 25.3 Å². The van der Waals surface area contributed by atoms with Crippen LogP contribution in [0.25, 0.3) is 0 Å². The molecular weight excluding hydrogens is 242 g/mol. The van der Waals surface area contributed by atoms with Crippen LogP contribution >= 0.6 is 15.9 Å². The fourth-order valence-electron chi connectivity index (χ4n) is 1.73. The van der Waals surface area contributed by atoms with E-state index in [0.29, 0.717) is 4.83 Å². The molecule has 0 saturated carbocycles. The highest BCUT2D eigenvalue weighted by molar-refractivity contribution is 9.09. The van der Waals surface area contributed by atoms with Crippen LogP contribution in [-0.2, 0) is 4.74 Å². The molecule has 0 N–H and O–H groups in total. The summed E-state index contributed by atoms with van der Waals surface area (Å²) < 4.78 is 5.49. The Kier molecular flexibility index (Phi) is 6.06. The molecule has 2 atom stereocenters. The Bertz CT molecular complexity index is 154. The average Bonchev–Trinajstić information content (AvgIpc) is 2.18. The normalized spacial score (nSPS) is 29.4. The van der Waals surface area contributed by atoms with E-state index in [9.17, 15) is 0 Å². The number of rotatable bonds is 5. The lowest BCUT2D eigenvalue weighted by atomic mass is 9.99. The zero-order chi connectivity index (χ0) is 10.4. The zero-order valence-electron chi connectivity index (χ0n) is 9.34. The number of piperidine rings is 1. The second kappa shape index (κ2) is 6.81. The quantitative estimate of drug-likeness (QED) is 0.559. The molecule has 1 aliphatic heterocycles. The minimum atomic E-state index is 0.669. The summed E-state index contributed by atoms with van der Waals surface area (Å²) in [5.41, 5.74) is 0. The van der Waals surface area contributed by atoms with Gasteiger partial charge in [0.2, 0.25) is 0 Å². The Hall–Kier alpha value is 0.400. The number of halogens is 1. The van der Waals surface area contributed by atoms with Crippen LogP contribution in [0.2, 0.25) is 0 Å². The van der Waals surface area contributed by atoms with E-state index >= 15 is 0 Å². The van der Waals surface area contributed by atoms with Crippen LogP contribution in [0.5, 0.6) is 0 Å². The van der Waals surface area contributed by atoms with Crippen LogP contribution < -0.4 is 0 Å². The summed E-state index contributed by atoms with van der Waals surface area (Å²) in [5.74, 6) is 0.822. The molecule has 0 aromatic carbocycles. The first-order valence-corrected chi connectivity index (χ1v) is 6.59. The van der Waals surface area contributed by atoms with Gasteiger partial charge in [-0.2, -0.15) is 0 Å². The van der Waals surface area contributed by atoms with Gasteiger partial charge >= 0.3 is 0 Å². The minimum absolute atomic E-state index is 0.669. The van der Waals surface area contributed by atoms with Gasteiger partial charge in [0.1, 0.15) is 0 Å². The van der Waals surface area contributed by atoms with Crippen LogP contribution in [0.15, 0.2) is 0 Å². The maximum atomic E-state index is 5.49. The average molecular weight is 264 g/mol. The first-order chi connectivity index (χ1) is 6.74. The highest BCUT2D eigenvalue weighted by Gasteiger charge is 2.23. The van der Waals surface area contributed by atoms with Crippen molar-refractivity contribution in [2.75, 3.05) is 32.8 Å². The third-order valence-corrected chi connectivity index (χ3v) is 4.04. The van der Waals surface area contributed by atoms with Crippen molar-refractivity contribution in [1.82, 2.24) is 4.90 Å². The van der Waals surface area contributed by atoms with Crippen molar-refractivity contribution < 1.29 is 4.74 Å². The number of ether oxygens (including phenoxy) is 1. The van der Waals surface area contributed by atoms with E-state index in [0.717, 1.165) is 32.1 Å². The van der Waals surface area contributed by atoms with Crippen LogP contribution in [0.3, 0.4) is 0 Å². The minimum Gasteiger partial charge on any atom is -0.380 e. The van der Waals surface area contributed by atoms with Crippen LogP contribution in [0.4, 0.5) is 0 Å². The molecule has 0 amide bonds. The Balaban J connectivity index is 2.07. The van der Waals surface area contributed by atoms with E-state index in [1.54, 1.807) is 0 Å². The topological polar surface area (TPSA) is 12.5 Å². The zero-order valence-corrected chi connectivity index (χ0v) is 10.9. The highest BCUT2D eigenvalue weighted by atomic mass is 79.9. The number of likely N-dealkylation sites (tertiary alicyclic amines) is 1. The number of alkyl halides is 1. The van der Waals surface area contributed by atoms with Gasteiger partial charge in [-0.3, -0.25) is 4.90 Å². The number of nitrogens with zero attached hydrogens (tertiary/aromatic N) is 1. The third-order valence-electron chi connectivity index (χ3n) is 2.85. The molecule has 14 heavy (non-hydrogen) atoms. The summed E-state index contributed by atoms with van der Waals surface area (Å²) >= 11 is 3.73. The molecule has 1 rings (SSSR count). The summed E-state index contributed by atoms with van der Waals surface area (Å²) in [6.07, 6.45) is 2.43. The summed E-state index contributed by atoms with van der Waals surface area (Å²) in [7, 11) is 0. The number of hydrogen-bond donors (Lipinski definition) is 0. The van der Waals surface area contributed by atoms with Crippen molar-refractivity contribution in [3.05, 3.63) is 0 Å². The van der Waals surface area contributed by atoms with Gasteiger partial charge in [-0.25, -0.2) is 0 Å². The second-order valence-corrected chi connectivity index (χ2v) is 5.37. The van der Waals surface area contributed by atoms with Gasteiger partial charge < -0.3 is 4.74 Å². The van der Waals surface area contributed by atoms with E-state index in [1.165, 1.54) is 19.5 Å². The Morgan fingerprint density at radius 1 is 1.43 bits per heavy atom. The van der Waals surface area contributed by atoms with Gasteiger partial charge in [0.15, 0.2) is 0 Å². The molecule has 1 heterocycles. The molecule has 0 aromatic heterocycles. The van der Waals surface area contributed by atoms with E-state index < -0.39 is 0 Å². The smallest absolute Gasteiger partial charge is 0.0593 e. The van der Waals surface area contributed by atoms with Crippen molar-refractivity contribution in [3.63, 3.8) is 0 Å². The lowest BCUT2D eigenvalue weighted by molar-refractivity contribution is 0.0924. The van der Waals surface area contributed by atoms with Crippen LogP contribution in [-0.4, -0.2) is 42.6 Å². The first-order valence-electron chi connectivity index (χ1n) is 5.68. The third kappa shape index (κ3) is 4.28. The molecule has 0 radical (unpaired) electrons. The molecule has 1 fully saturated rings. The predicted octanol–water partition coefficient (Wildman–Crippen LogP) is 2.52. The van der Waals surface area contributed by atoms with Gasteiger partial charge in [0.05, 0.1) is 6.61 Å². The maximum absolute atomic E-state index is 5.49. The molecule has 3 heteroatoms. The van der Waals surface area contributed by atoms with Crippen molar-refractivity contribution in [3.8, 4) is 0 Å². The fourth-order valence-corrected chi connectivity index (χ4v) is 2.40. The highest BCUT2D eigenvalue weighted by Crippen LogP contribution is 2.22. The van der Waals surface area contributed by atoms with Crippen molar-refractivity contribution in [1.29, 1.82) is 0 Å². The molecule has 0 bridgehead atoms. The molecule has 0 aliphatic carbocycles. The van der Waals surface area contributed by atoms with Gasteiger partial charge in [-0.1, -0.05) is 29.8 Å². The summed E-state index contributed by atoms with van der Waals surface area (Å²) in [4.78, 5) is 3.16. The lowest BCUT2D eigenvalue weighted by Crippen LogP contribution is -2.41. The van der Waals surface area contributed by atoms with E-state index in [2.05, 4.69) is 34.7 Å². The van der Waals surface area contributed by atoms with Gasteiger partial charge in [0, 0.05) is 24.5 Å². The molecular formula is C11H22BrNO. The Morgan fingerprint density at radius 3 is 2.86 bits per heavy atom. The molecule has 0 spiro atoms. The molecule has 2 nitrogen and oxygen atoms in total. The summed E-state index contributed by atoms with van der Waals surface area (Å²) in [6.45, 7) is 9.77. The molecule has 2 unspecified atom stereocenters. The SMILES string of the molecule is CCCOCCN1CCC(C)C(Br)C1. The molecule has 1 aliphatic rings. The summed E-state index contributed by atoms with van der Waals surface area (Å²) in [5, 5.41) is 0. The van der Waals surface area contributed by atoms with Crippen molar-refractivity contribution >= 4 is 15.9 Å². The van der Waals surface area contributed by atoms with Crippen LogP contribution in [0.1, 0.15) is 26.7 Å². The molecule has 1 saturated heterocycles. The summed E-state index contributed by atoms with van der Waals surface area (Å²) in [6, 6.07) is 0. The van der Waals surface area contributed by atoms with E-state index in [4.69, 9.17) is 4.74 Å². The van der Waals surface area contributed by atoms with Crippen molar-refractivity contribution in [2.24, 2.45) is 5.92 Å². The molecule has 84 valence electrons. The first kappa shape index (κ1) is 12.5. The predicted molar refractivity (Wildman–Crippen MR) is 64.0 cm³/mol. The van der Waals surface area contributed by atoms with Crippen molar-refractivity contribution in [2.45, 2.75) is 31.5 Å². The standard InChI is InChI=1S/C11H22BrNO/c1-3-7-14-8-6-13-5-4-10(2)11(12)9-13/h10-11H,3-9H2,1-2H3. The van der Waals surface area contributed by atoms with Gasteiger partial charge in [-0.15, -0.1) is 0 Å². The van der Waals surface area contributed by atoms with Crippen LogP contribution in [0, 0.1) is 5.92 Å². The Morgan fingerprint density at radius 2 is 2.21 bits per heavy atom. The second-order valence-electron chi connectivity index (χ2n) is 4.19. The Labute approximate surface area is 96.1 Å². The largest absolute Gasteiger partial charge is 0.380 e. The van der Waals surface area contributed by atoms with E-state index in [1.807, 2.05) is 0 Å². The fraction of sp³-hybridized carbons (Fsp3) is 1.00. The monoisotopic (exact) mass is 263 g/mol. The number of hydrogen-bond acceptors (Lipinski definition) is 2. The van der Waals surface area contributed by atoms with E-state index in [-0.39, 0.29) is 0 Å². The van der Waals surface area contributed by atoms with Gasteiger partial charge in [0.25, 0.3) is 0 Å².